The molecule has 4 unspecified atom stereocenters. The molecule has 3 nitrogen and oxygen atoms in total. The van der Waals surface area contributed by atoms with Crippen molar-refractivity contribution in [2.45, 2.75) is 37.6 Å². The molecule has 21 heavy (non-hydrogen) atoms. The van der Waals surface area contributed by atoms with E-state index in [-0.39, 0.29) is 12.0 Å². The van der Waals surface area contributed by atoms with Crippen molar-refractivity contribution in [2.24, 2.45) is 17.4 Å². The second-order valence-corrected chi connectivity index (χ2v) is 6.26. The van der Waals surface area contributed by atoms with Gasteiger partial charge in [-0.15, -0.1) is 0 Å². The first-order valence-corrected chi connectivity index (χ1v) is 7.78. The first-order valence-electron chi connectivity index (χ1n) is 7.78. The van der Waals surface area contributed by atoms with Gasteiger partial charge in [0.2, 0.25) is 0 Å². The first kappa shape index (κ1) is 14.4. The van der Waals surface area contributed by atoms with Gasteiger partial charge in [0.25, 0.3) is 0 Å². The Morgan fingerprint density at radius 2 is 1.90 bits per heavy atom. The maximum Gasteiger partial charge on any atom is 0.110 e. The Morgan fingerprint density at radius 1 is 1.19 bits per heavy atom. The van der Waals surface area contributed by atoms with Crippen molar-refractivity contribution in [1.82, 2.24) is 0 Å². The normalized spacial score (nSPS) is 23.8. The highest BCUT2D eigenvalue weighted by Crippen LogP contribution is 2.47. The van der Waals surface area contributed by atoms with Crippen LogP contribution in [0.15, 0.2) is 46.9 Å². The van der Waals surface area contributed by atoms with Gasteiger partial charge in [0.15, 0.2) is 0 Å². The summed E-state index contributed by atoms with van der Waals surface area (Å²) < 4.78 is 6.03. The van der Waals surface area contributed by atoms with Crippen LogP contribution in [0.2, 0.25) is 0 Å². The minimum atomic E-state index is -0.0203. The Morgan fingerprint density at radius 3 is 2.52 bits per heavy atom. The molecule has 1 aromatic heterocycles. The summed E-state index contributed by atoms with van der Waals surface area (Å²) in [6, 6.07) is 14.4. The third-order valence-electron chi connectivity index (χ3n) is 4.57. The molecule has 1 aliphatic carbocycles. The van der Waals surface area contributed by atoms with Crippen molar-refractivity contribution in [3.05, 3.63) is 59.5 Å². The average molecular weight is 284 g/mol. The molecule has 0 bridgehead atoms. The lowest BCUT2D eigenvalue weighted by atomic mass is 9.92. The van der Waals surface area contributed by atoms with Crippen LogP contribution in [0.3, 0.4) is 0 Å². The SMILES string of the molecule is CC1CC1c1ccc(C(CN)C(N)Cc2ccccc2)o1. The Balaban J connectivity index is 1.70. The molecule has 0 spiro atoms. The van der Waals surface area contributed by atoms with Gasteiger partial charge in [-0.25, -0.2) is 0 Å². The van der Waals surface area contributed by atoms with Crippen molar-refractivity contribution < 1.29 is 4.42 Å². The summed E-state index contributed by atoms with van der Waals surface area (Å²) in [5.41, 5.74) is 13.6. The van der Waals surface area contributed by atoms with E-state index >= 15 is 0 Å². The van der Waals surface area contributed by atoms with E-state index in [1.165, 1.54) is 12.0 Å². The number of hydrogen-bond acceptors (Lipinski definition) is 3. The molecule has 0 aliphatic heterocycles. The largest absolute Gasteiger partial charge is 0.465 e. The van der Waals surface area contributed by atoms with Gasteiger partial charge in [-0.05, 0) is 36.5 Å². The van der Waals surface area contributed by atoms with E-state index in [0.717, 1.165) is 23.9 Å². The zero-order valence-corrected chi connectivity index (χ0v) is 12.5. The van der Waals surface area contributed by atoms with Crippen LogP contribution in [-0.4, -0.2) is 12.6 Å². The summed E-state index contributed by atoms with van der Waals surface area (Å²) in [5.74, 6) is 3.46. The summed E-state index contributed by atoms with van der Waals surface area (Å²) in [7, 11) is 0. The predicted molar refractivity (Wildman–Crippen MR) is 85.1 cm³/mol. The summed E-state index contributed by atoms with van der Waals surface area (Å²) >= 11 is 0. The molecule has 0 radical (unpaired) electrons. The number of rotatable bonds is 6. The smallest absolute Gasteiger partial charge is 0.110 e. The molecular weight excluding hydrogens is 260 g/mol. The standard InChI is InChI=1S/C18H24N2O/c1-12-9-14(12)17-7-8-18(21-17)15(11-19)16(20)10-13-5-3-2-4-6-13/h2-8,12,14-16H,9-11,19-20H2,1H3. The quantitative estimate of drug-likeness (QED) is 0.857. The fourth-order valence-electron chi connectivity index (χ4n) is 3.02. The number of benzene rings is 1. The summed E-state index contributed by atoms with van der Waals surface area (Å²) in [6.07, 6.45) is 2.05. The lowest BCUT2D eigenvalue weighted by Gasteiger charge is -2.20. The van der Waals surface area contributed by atoms with E-state index in [9.17, 15) is 0 Å². The van der Waals surface area contributed by atoms with E-state index in [1.807, 2.05) is 18.2 Å². The van der Waals surface area contributed by atoms with E-state index in [4.69, 9.17) is 15.9 Å². The van der Waals surface area contributed by atoms with Gasteiger partial charge in [0.1, 0.15) is 11.5 Å². The van der Waals surface area contributed by atoms with Gasteiger partial charge in [-0.1, -0.05) is 37.3 Å². The van der Waals surface area contributed by atoms with Crippen molar-refractivity contribution in [3.8, 4) is 0 Å². The molecule has 4 N–H and O–H groups in total. The molecule has 1 fully saturated rings. The minimum absolute atomic E-state index is 0.0203. The molecule has 2 aromatic rings. The first-order chi connectivity index (χ1) is 10.2. The molecule has 3 rings (SSSR count). The van der Waals surface area contributed by atoms with Crippen LogP contribution in [0.25, 0.3) is 0 Å². The Hall–Kier alpha value is -1.58. The van der Waals surface area contributed by atoms with Gasteiger partial charge < -0.3 is 15.9 Å². The maximum absolute atomic E-state index is 6.38. The fourth-order valence-corrected chi connectivity index (χ4v) is 3.02. The third kappa shape index (κ3) is 3.20. The van der Waals surface area contributed by atoms with Gasteiger partial charge in [0, 0.05) is 24.4 Å². The summed E-state index contributed by atoms with van der Waals surface area (Å²) in [6.45, 7) is 2.77. The Bertz CT molecular complexity index is 578. The molecule has 1 saturated carbocycles. The molecule has 1 heterocycles. The predicted octanol–water partition coefficient (Wildman–Crippen LogP) is 3.02. The van der Waals surface area contributed by atoms with Gasteiger partial charge in [-0.2, -0.15) is 0 Å². The Kier molecular flexibility index (Phi) is 4.13. The van der Waals surface area contributed by atoms with E-state index in [1.54, 1.807) is 0 Å². The van der Waals surface area contributed by atoms with E-state index in [0.29, 0.717) is 12.5 Å². The fraction of sp³-hybridized carbons (Fsp3) is 0.444. The summed E-state index contributed by atoms with van der Waals surface area (Å²) in [4.78, 5) is 0. The second-order valence-electron chi connectivity index (χ2n) is 6.26. The van der Waals surface area contributed by atoms with Gasteiger partial charge in [-0.3, -0.25) is 0 Å². The van der Waals surface area contributed by atoms with Crippen LogP contribution < -0.4 is 11.5 Å². The number of hydrogen-bond donors (Lipinski definition) is 2. The van der Waals surface area contributed by atoms with Crippen LogP contribution in [0.4, 0.5) is 0 Å². The molecule has 4 atom stereocenters. The lowest BCUT2D eigenvalue weighted by molar-refractivity contribution is 0.396. The Labute approximate surface area is 126 Å². The minimum Gasteiger partial charge on any atom is -0.465 e. The van der Waals surface area contributed by atoms with Crippen molar-refractivity contribution in [1.29, 1.82) is 0 Å². The van der Waals surface area contributed by atoms with Crippen molar-refractivity contribution >= 4 is 0 Å². The lowest BCUT2D eigenvalue weighted by Crippen LogP contribution is -2.35. The molecule has 1 aliphatic rings. The molecule has 3 heteroatoms. The van der Waals surface area contributed by atoms with E-state index < -0.39 is 0 Å². The van der Waals surface area contributed by atoms with E-state index in [2.05, 4.69) is 31.2 Å². The molecule has 0 amide bonds. The topological polar surface area (TPSA) is 65.2 Å². The van der Waals surface area contributed by atoms with Gasteiger partial charge in [0.05, 0.1) is 0 Å². The van der Waals surface area contributed by atoms with Crippen molar-refractivity contribution in [3.63, 3.8) is 0 Å². The van der Waals surface area contributed by atoms with Crippen LogP contribution in [0, 0.1) is 5.92 Å². The van der Waals surface area contributed by atoms with Crippen LogP contribution in [-0.2, 0) is 6.42 Å². The third-order valence-corrected chi connectivity index (χ3v) is 4.57. The van der Waals surface area contributed by atoms with Crippen molar-refractivity contribution in [2.75, 3.05) is 6.54 Å². The summed E-state index contributed by atoms with van der Waals surface area (Å²) in [5, 5.41) is 0. The highest BCUT2D eigenvalue weighted by molar-refractivity contribution is 5.22. The average Bonchev–Trinajstić information content (AvgIpc) is 3.02. The molecule has 1 aromatic carbocycles. The van der Waals surface area contributed by atoms with Crippen LogP contribution in [0.1, 0.15) is 42.3 Å². The maximum atomic E-state index is 6.38. The highest BCUT2D eigenvalue weighted by Gasteiger charge is 2.37. The molecule has 0 saturated heterocycles. The van der Waals surface area contributed by atoms with Crippen LogP contribution in [0.5, 0.6) is 0 Å². The monoisotopic (exact) mass is 284 g/mol. The number of furan rings is 1. The second kappa shape index (κ2) is 6.04. The molecular formula is C18H24N2O. The van der Waals surface area contributed by atoms with Gasteiger partial charge >= 0.3 is 0 Å². The number of nitrogens with two attached hydrogens (primary N) is 2. The zero-order chi connectivity index (χ0) is 14.8. The molecule has 112 valence electrons. The highest BCUT2D eigenvalue weighted by atomic mass is 16.3. The zero-order valence-electron chi connectivity index (χ0n) is 12.5. The van der Waals surface area contributed by atoms with Crippen LogP contribution >= 0.6 is 0 Å².